The molecule has 1 rings (SSSR count). The Bertz CT molecular complexity index is 602. The number of sulfonamides is 1. The minimum absolute atomic E-state index is 0.108. The fourth-order valence-corrected chi connectivity index (χ4v) is 3.25. The van der Waals surface area contributed by atoms with Crippen LogP contribution in [0, 0.1) is 18.3 Å². The Morgan fingerprint density at radius 2 is 1.95 bits per heavy atom. The van der Waals surface area contributed by atoms with Crippen LogP contribution in [0.5, 0.6) is 0 Å². The van der Waals surface area contributed by atoms with Gasteiger partial charge in [-0.15, -0.1) is 0 Å². The highest BCUT2D eigenvalue weighted by Crippen LogP contribution is 2.24. The summed E-state index contributed by atoms with van der Waals surface area (Å²) in [4.78, 5) is 11.4. The van der Waals surface area contributed by atoms with E-state index in [1.165, 1.54) is 6.07 Å². The first-order valence-electron chi connectivity index (χ1n) is 6.80. The quantitative estimate of drug-likeness (QED) is 0.845. The number of aliphatic carboxylic acids is 1. The molecule has 0 radical (unpaired) electrons. The maximum atomic E-state index is 12.2. The first kappa shape index (κ1) is 17.7. The van der Waals surface area contributed by atoms with E-state index in [0.29, 0.717) is 6.42 Å². The van der Waals surface area contributed by atoms with Crippen molar-refractivity contribution in [1.82, 2.24) is 4.72 Å². The van der Waals surface area contributed by atoms with Crippen molar-refractivity contribution in [3.8, 4) is 0 Å². The largest absolute Gasteiger partial charge is 0.481 e. The number of aryl methyl sites for hydroxylation is 1. The molecule has 0 saturated carbocycles. The van der Waals surface area contributed by atoms with Crippen molar-refractivity contribution in [3.05, 3.63) is 29.8 Å². The molecule has 0 aliphatic heterocycles. The van der Waals surface area contributed by atoms with Crippen molar-refractivity contribution >= 4 is 16.0 Å². The number of carboxylic acids is 1. The summed E-state index contributed by atoms with van der Waals surface area (Å²) in [6, 6.07) is 6.52. The molecule has 0 heterocycles. The van der Waals surface area contributed by atoms with Crippen molar-refractivity contribution in [2.75, 3.05) is 6.54 Å². The van der Waals surface area contributed by atoms with Gasteiger partial charge in [-0.25, -0.2) is 13.1 Å². The molecule has 0 spiro atoms. The van der Waals surface area contributed by atoms with Gasteiger partial charge in [0.2, 0.25) is 10.0 Å². The topological polar surface area (TPSA) is 83.5 Å². The molecular weight excluding hydrogens is 290 g/mol. The SMILES string of the molecule is Cc1cccc(S(=O)(=O)NCC(CC(C)(C)C)C(=O)O)c1. The van der Waals surface area contributed by atoms with Crippen LogP contribution in [0.3, 0.4) is 0 Å². The Hall–Kier alpha value is -1.40. The molecule has 0 bridgehead atoms. The zero-order valence-corrected chi connectivity index (χ0v) is 13.7. The van der Waals surface area contributed by atoms with Gasteiger partial charge in [-0.2, -0.15) is 0 Å². The van der Waals surface area contributed by atoms with Crippen molar-refractivity contribution < 1.29 is 18.3 Å². The van der Waals surface area contributed by atoms with Crippen LogP contribution in [0.2, 0.25) is 0 Å². The van der Waals surface area contributed by atoms with E-state index in [0.717, 1.165) is 5.56 Å². The summed E-state index contributed by atoms with van der Waals surface area (Å²) in [6.07, 6.45) is 0.401. The average molecular weight is 313 g/mol. The highest BCUT2D eigenvalue weighted by atomic mass is 32.2. The number of carboxylic acid groups (broad SMARTS) is 1. The predicted octanol–water partition coefficient (Wildman–Crippen LogP) is 2.41. The van der Waals surface area contributed by atoms with E-state index >= 15 is 0 Å². The predicted molar refractivity (Wildman–Crippen MR) is 81.6 cm³/mol. The lowest BCUT2D eigenvalue weighted by molar-refractivity contribution is -0.142. The number of hydrogen-bond donors (Lipinski definition) is 2. The molecular formula is C15H23NO4S. The van der Waals surface area contributed by atoms with Crippen molar-refractivity contribution in [2.24, 2.45) is 11.3 Å². The van der Waals surface area contributed by atoms with E-state index in [-0.39, 0.29) is 16.9 Å². The van der Waals surface area contributed by atoms with Gasteiger partial charge in [0.15, 0.2) is 0 Å². The van der Waals surface area contributed by atoms with Crippen LogP contribution >= 0.6 is 0 Å². The summed E-state index contributed by atoms with van der Waals surface area (Å²) in [5, 5.41) is 9.21. The van der Waals surface area contributed by atoms with Crippen molar-refractivity contribution in [1.29, 1.82) is 0 Å². The van der Waals surface area contributed by atoms with Crippen LogP contribution in [0.15, 0.2) is 29.2 Å². The lowest BCUT2D eigenvalue weighted by Crippen LogP contribution is -2.35. The highest BCUT2D eigenvalue weighted by Gasteiger charge is 2.26. The zero-order chi connectivity index (χ0) is 16.3. The van der Waals surface area contributed by atoms with Gasteiger partial charge in [0.25, 0.3) is 0 Å². The molecule has 1 aromatic carbocycles. The number of rotatable bonds is 6. The Labute approximate surface area is 126 Å². The second-order valence-electron chi connectivity index (χ2n) is 6.47. The standard InChI is InChI=1S/C15H23NO4S/c1-11-6-5-7-13(8-11)21(19,20)16-10-12(14(17)18)9-15(2,3)4/h5-8,12,16H,9-10H2,1-4H3,(H,17,18). The lowest BCUT2D eigenvalue weighted by Gasteiger charge is -2.23. The second kappa shape index (κ2) is 6.58. The molecule has 0 saturated heterocycles. The molecule has 21 heavy (non-hydrogen) atoms. The van der Waals surface area contributed by atoms with Gasteiger partial charge in [0.05, 0.1) is 10.8 Å². The third-order valence-corrected chi connectivity index (χ3v) is 4.45. The molecule has 6 heteroatoms. The Morgan fingerprint density at radius 3 is 2.43 bits per heavy atom. The van der Waals surface area contributed by atoms with E-state index in [4.69, 9.17) is 0 Å². The fourth-order valence-electron chi connectivity index (χ4n) is 2.06. The van der Waals surface area contributed by atoms with Gasteiger partial charge in [-0.3, -0.25) is 4.79 Å². The van der Waals surface area contributed by atoms with E-state index in [2.05, 4.69) is 4.72 Å². The minimum atomic E-state index is -3.68. The summed E-state index contributed by atoms with van der Waals surface area (Å²) in [5.74, 6) is -1.73. The van der Waals surface area contributed by atoms with Crippen LogP contribution < -0.4 is 4.72 Å². The van der Waals surface area contributed by atoms with Crippen LogP contribution in [0.1, 0.15) is 32.8 Å². The normalized spacial score (nSPS) is 13.9. The van der Waals surface area contributed by atoms with Crippen molar-refractivity contribution in [3.63, 3.8) is 0 Å². The first-order valence-corrected chi connectivity index (χ1v) is 8.29. The maximum absolute atomic E-state index is 12.2. The third-order valence-electron chi connectivity index (χ3n) is 3.03. The summed E-state index contributed by atoms with van der Waals surface area (Å²) < 4.78 is 26.7. The van der Waals surface area contributed by atoms with E-state index < -0.39 is 21.9 Å². The molecule has 0 aliphatic rings. The van der Waals surface area contributed by atoms with E-state index in [9.17, 15) is 18.3 Å². The summed E-state index contributed by atoms with van der Waals surface area (Å²) in [7, 11) is -3.68. The molecule has 1 unspecified atom stereocenters. The van der Waals surface area contributed by atoms with Crippen LogP contribution in [0.25, 0.3) is 0 Å². The number of benzene rings is 1. The molecule has 118 valence electrons. The lowest BCUT2D eigenvalue weighted by atomic mass is 9.85. The van der Waals surface area contributed by atoms with Crippen molar-refractivity contribution in [2.45, 2.75) is 39.0 Å². The van der Waals surface area contributed by atoms with E-state index in [1.807, 2.05) is 20.8 Å². The zero-order valence-electron chi connectivity index (χ0n) is 12.9. The van der Waals surface area contributed by atoms with Gasteiger partial charge >= 0.3 is 5.97 Å². The molecule has 1 atom stereocenters. The Kier molecular flexibility index (Phi) is 5.53. The Balaban J connectivity index is 2.82. The summed E-state index contributed by atoms with van der Waals surface area (Å²) in [6.45, 7) is 7.48. The number of carbonyl (C=O) groups is 1. The summed E-state index contributed by atoms with van der Waals surface area (Å²) >= 11 is 0. The monoisotopic (exact) mass is 313 g/mol. The molecule has 0 aromatic heterocycles. The maximum Gasteiger partial charge on any atom is 0.307 e. The number of nitrogens with one attached hydrogen (secondary N) is 1. The Morgan fingerprint density at radius 1 is 1.33 bits per heavy atom. The van der Waals surface area contributed by atoms with E-state index in [1.54, 1.807) is 25.1 Å². The number of hydrogen-bond acceptors (Lipinski definition) is 3. The van der Waals surface area contributed by atoms with Gasteiger partial charge in [-0.05, 0) is 36.5 Å². The summed E-state index contributed by atoms with van der Waals surface area (Å²) in [5.41, 5.74) is 0.653. The first-order chi connectivity index (χ1) is 9.51. The molecule has 5 nitrogen and oxygen atoms in total. The van der Waals surface area contributed by atoms with Gasteiger partial charge in [-0.1, -0.05) is 32.9 Å². The van der Waals surface area contributed by atoms with Crippen LogP contribution in [-0.2, 0) is 14.8 Å². The smallest absolute Gasteiger partial charge is 0.307 e. The molecule has 0 aliphatic carbocycles. The fraction of sp³-hybridized carbons (Fsp3) is 0.533. The highest BCUT2D eigenvalue weighted by molar-refractivity contribution is 7.89. The average Bonchev–Trinajstić information content (AvgIpc) is 2.33. The second-order valence-corrected chi connectivity index (χ2v) is 8.24. The molecule has 2 N–H and O–H groups in total. The molecule has 1 aromatic rings. The van der Waals surface area contributed by atoms with Gasteiger partial charge in [0, 0.05) is 6.54 Å². The van der Waals surface area contributed by atoms with Gasteiger partial charge < -0.3 is 5.11 Å². The van der Waals surface area contributed by atoms with Gasteiger partial charge in [0.1, 0.15) is 0 Å². The molecule has 0 fully saturated rings. The van der Waals surface area contributed by atoms with Crippen LogP contribution in [0.4, 0.5) is 0 Å². The molecule has 0 amide bonds. The minimum Gasteiger partial charge on any atom is -0.481 e. The third kappa shape index (κ3) is 5.85. The van der Waals surface area contributed by atoms with Crippen LogP contribution in [-0.4, -0.2) is 26.0 Å².